The van der Waals surface area contributed by atoms with E-state index in [-0.39, 0.29) is 35.4 Å². The maximum atomic E-state index is 12.4. The molecule has 0 saturated heterocycles. The van der Waals surface area contributed by atoms with Gasteiger partial charge in [-0.25, -0.2) is 19.6 Å². The van der Waals surface area contributed by atoms with E-state index < -0.39 is 17.8 Å². The number of amides is 2. The first-order valence-electron chi connectivity index (χ1n) is 21.5. The summed E-state index contributed by atoms with van der Waals surface area (Å²) in [5, 5.41) is 29.9. The third-order valence-corrected chi connectivity index (χ3v) is 9.51. The fourth-order valence-corrected chi connectivity index (χ4v) is 6.16. The van der Waals surface area contributed by atoms with Crippen molar-refractivity contribution >= 4 is 58.7 Å². The molecule has 17 nitrogen and oxygen atoms in total. The van der Waals surface area contributed by atoms with Crippen LogP contribution in [0.25, 0.3) is 0 Å². The van der Waals surface area contributed by atoms with Crippen LogP contribution >= 0.6 is 0 Å². The zero-order chi connectivity index (χ0) is 47.8. The van der Waals surface area contributed by atoms with Crippen molar-refractivity contribution in [1.29, 1.82) is 0 Å². The highest BCUT2D eigenvalue weighted by atomic mass is 16.4. The number of nitrogens with two attached hydrogens (primary N) is 1. The number of carbonyl (C=O) groups excluding carboxylic acids is 2. The molecular formula is C49H75N11O6. The van der Waals surface area contributed by atoms with Gasteiger partial charge in [-0.15, -0.1) is 0 Å². The van der Waals surface area contributed by atoms with Crippen LogP contribution in [0, 0.1) is 23.7 Å². The molecule has 0 bridgehead atoms. The topological polar surface area (TPSA) is 241 Å². The van der Waals surface area contributed by atoms with E-state index >= 15 is 0 Å². The molecule has 0 aliphatic rings. The van der Waals surface area contributed by atoms with E-state index in [1.54, 1.807) is 55.8 Å². The Kier molecular flexibility index (Phi) is 20.4. The predicted octanol–water partition coefficient (Wildman–Crippen LogP) is 8.75. The van der Waals surface area contributed by atoms with Crippen molar-refractivity contribution in [1.82, 2.24) is 30.6 Å². The molecule has 0 spiro atoms. The van der Waals surface area contributed by atoms with Crippen LogP contribution in [0.5, 0.6) is 0 Å². The molecule has 17 heteroatoms. The van der Waals surface area contributed by atoms with Crippen LogP contribution in [0.2, 0.25) is 0 Å². The molecule has 5 aromatic rings. The number of aromatic nitrogens is 4. The first-order chi connectivity index (χ1) is 31.9. The van der Waals surface area contributed by atoms with E-state index in [9.17, 15) is 24.3 Å². The summed E-state index contributed by atoms with van der Waals surface area (Å²) in [5.74, 6) is 12.1. The number of hydrogen-bond acceptors (Lipinski definition) is 13. The molecule has 2 heterocycles. The highest BCUT2D eigenvalue weighted by Gasteiger charge is 2.16. The van der Waals surface area contributed by atoms with Gasteiger partial charge in [-0.2, -0.15) is 9.97 Å². The van der Waals surface area contributed by atoms with Gasteiger partial charge in [0.25, 0.3) is 11.8 Å². The van der Waals surface area contributed by atoms with Crippen molar-refractivity contribution < 1.29 is 42.2 Å². The Morgan fingerprint density at radius 1 is 0.667 bits per heavy atom. The number of rotatable bonds is 19. The number of unbranched alkanes of at least 4 members (excludes halogenated alkanes) is 2. The molecule has 0 aliphatic carbocycles. The van der Waals surface area contributed by atoms with Gasteiger partial charge in [0.2, 0.25) is 11.9 Å². The molecule has 0 fully saturated rings. The fourth-order valence-electron chi connectivity index (χ4n) is 6.16. The van der Waals surface area contributed by atoms with Crippen molar-refractivity contribution in [2.24, 2.45) is 5.73 Å². The summed E-state index contributed by atoms with van der Waals surface area (Å²) in [7, 11) is 5.53. The number of nitrogens with zero attached hydrogens (tertiary/aromatic N) is 6. The lowest BCUT2D eigenvalue weighted by Gasteiger charge is -2.19. The zero-order valence-electron chi connectivity index (χ0n) is 37.9. The number of carbonyl (C=O) groups is 4. The Morgan fingerprint density at radius 3 is 1.61 bits per heavy atom. The van der Waals surface area contributed by atoms with Gasteiger partial charge in [0.05, 0.1) is 40.2 Å². The number of carboxylic acid groups (broad SMARTS) is 2. The van der Waals surface area contributed by atoms with Crippen LogP contribution in [-0.4, -0.2) is 101 Å². The number of anilines is 6. The molecule has 3 aromatic carbocycles. The van der Waals surface area contributed by atoms with Gasteiger partial charge in [-0.3, -0.25) is 9.59 Å². The van der Waals surface area contributed by atoms with Crippen molar-refractivity contribution in [2.45, 2.75) is 52.4 Å². The summed E-state index contributed by atoms with van der Waals surface area (Å²) >= 11 is 0. The van der Waals surface area contributed by atoms with Gasteiger partial charge in [-0.05, 0) is 92.9 Å². The molecule has 2 amide bonds. The van der Waals surface area contributed by atoms with Crippen molar-refractivity contribution in [3.05, 3.63) is 119 Å². The predicted molar refractivity (Wildman–Crippen MR) is 277 cm³/mol. The number of hydrogen-bond donors (Lipinski definition) is 7. The highest BCUT2D eigenvalue weighted by Crippen LogP contribution is 2.22. The van der Waals surface area contributed by atoms with Crippen molar-refractivity contribution in [3.8, 4) is 23.7 Å². The van der Waals surface area contributed by atoms with Crippen LogP contribution in [0.3, 0.4) is 0 Å². The summed E-state index contributed by atoms with van der Waals surface area (Å²) in [6, 6.07) is 19.5. The van der Waals surface area contributed by atoms with Gasteiger partial charge in [0, 0.05) is 83.4 Å². The number of benzene rings is 3. The lowest BCUT2D eigenvalue weighted by Crippen LogP contribution is -2.26. The van der Waals surface area contributed by atoms with Crippen molar-refractivity contribution in [3.63, 3.8) is 0 Å². The van der Waals surface area contributed by atoms with Gasteiger partial charge in [0.1, 0.15) is 11.6 Å². The molecule has 8 N–H and O–H groups in total. The van der Waals surface area contributed by atoms with Crippen LogP contribution in [0.15, 0.2) is 85.2 Å². The Bertz CT molecular complexity index is 2590. The largest absolute Gasteiger partial charge is 0.478 e. The molecule has 0 atom stereocenters. The number of aromatic carboxylic acids is 2. The normalized spacial score (nSPS) is 10.1. The molecule has 66 heavy (non-hydrogen) atoms. The average molecular weight is 914 g/mol. The first-order valence-corrected chi connectivity index (χ1v) is 21.5. The summed E-state index contributed by atoms with van der Waals surface area (Å²) in [5.41, 5.74) is 9.32. The molecule has 0 radical (unpaired) electrons. The Balaban J connectivity index is -0.000000293. The summed E-state index contributed by atoms with van der Waals surface area (Å²) in [4.78, 5) is 68.5. The van der Waals surface area contributed by atoms with E-state index in [4.69, 9.17) is 10.8 Å². The number of carboxylic acids is 2. The second-order valence-electron chi connectivity index (χ2n) is 14.7. The maximum absolute atomic E-state index is 12.4. The monoisotopic (exact) mass is 914 g/mol. The molecule has 362 valence electrons. The van der Waals surface area contributed by atoms with E-state index in [1.807, 2.05) is 31.1 Å². The SMILES string of the molecule is CCCN(C)c1nc(Nc2ccc(C(=O)NC)cc2)ncc1C#CCCCN.CCCN(C)c1nc(Nc2ccc(C(=O)O)cc2)ncc1C#CCCCNC(=O)c1ccccc1C(=O)O.[HH].[HH].[HH].[HH].[HH].[HH].[HH].[HH].[HH]. The van der Waals surface area contributed by atoms with Gasteiger partial charge >= 0.3 is 11.9 Å². The van der Waals surface area contributed by atoms with E-state index in [1.165, 1.54) is 24.3 Å². The van der Waals surface area contributed by atoms with Gasteiger partial charge in [0.15, 0.2) is 0 Å². The highest BCUT2D eigenvalue weighted by molar-refractivity contribution is 6.04. The quantitative estimate of drug-likeness (QED) is 0.0303. The molecule has 0 unspecified atom stereocenters. The molecule has 0 saturated carbocycles. The minimum absolute atomic E-state index is 0. The van der Waals surface area contributed by atoms with Crippen LogP contribution in [0.4, 0.5) is 34.9 Å². The summed E-state index contributed by atoms with van der Waals surface area (Å²) in [6.45, 7) is 6.81. The summed E-state index contributed by atoms with van der Waals surface area (Å²) in [6.07, 6.45) is 8.02. The summed E-state index contributed by atoms with van der Waals surface area (Å²) < 4.78 is 0. The lowest BCUT2D eigenvalue weighted by atomic mass is 10.1. The molecular weight excluding hydrogens is 839 g/mol. The van der Waals surface area contributed by atoms with Crippen LogP contribution < -0.4 is 36.8 Å². The Morgan fingerprint density at radius 2 is 1.15 bits per heavy atom. The minimum Gasteiger partial charge on any atom is -0.478 e. The van der Waals surface area contributed by atoms with Gasteiger partial charge < -0.3 is 47.0 Å². The Hall–Kier alpha value is -8.02. The molecule has 2 aromatic heterocycles. The van der Waals surface area contributed by atoms with Crippen LogP contribution in [-0.2, 0) is 0 Å². The van der Waals surface area contributed by atoms with E-state index in [0.29, 0.717) is 60.5 Å². The zero-order valence-corrected chi connectivity index (χ0v) is 37.9. The molecule has 5 rings (SSSR count). The first kappa shape index (κ1) is 50.6. The average Bonchev–Trinajstić information content (AvgIpc) is 3.32. The third-order valence-electron chi connectivity index (χ3n) is 9.51. The third kappa shape index (κ3) is 15.7. The smallest absolute Gasteiger partial charge is 0.336 e. The van der Waals surface area contributed by atoms with E-state index in [0.717, 1.165) is 55.8 Å². The van der Waals surface area contributed by atoms with Gasteiger partial charge in [-0.1, -0.05) is 49.7 Å². The maximum Gasteiger partial charge on any atom is 0.336 e. The molecule has 0 aliphatic heterocycles. The second-order valence-corrected chi connectivity index (χ2v) is 14.7. The number of nitrogens with one attached hydrogen (secondary N) is 4. The second kappa shape index (κ2) is 26.6. The van der Waals surface area contributed by atoms with Crippen LogP contribution in [0.1, 0.15) is 118 Å². The Labute approximate surface area is 399 Å². The van der Waals surface area contributed by atoms with E-state index in [2.05, 4.69) is 83.6 Å². The minimum atomic E-state index is -1.15. The standard InChI is InChI=1S/C28H29N5O5.C21H28N6O.9H2/c1-3-17-33(2)24-20(18-30-28(32-24)31-21-14-12-19(13-15-21)26(35)36)9-5-4-8-16-29-25(34)22-10-6-7-11-23(22)27(37)38;1-4-14-27(3)19-17(8-6-5-7-13-22)15-24-21(26-19)25-18-11-9-16(10-12-18)20(28)23-2;;;;;;;;;/h6-7,10-15,18H,3-4,8,16-17H2,1-2H3,(H,29,34)(H,35,36)(H,37,38)(H,30,31,32);9-12,15H,4-5,7,13-14,22H2,1-3H3,(H,23,28)(H,24,25,26);9*1H. The lowest BCUT2D eigenvalue weighted by molar-refractivity contribution is 0.0684. The fraction of sp³-hybridized carbons (Fsp3) is 0.306. The van der Waals surface area contributed by atoms with Crippen molar-refractivity contribution in [2.75, 3.05) is 67.8 Å².